The van der Waals surface area contributed by atoms with Crippen LogP contribution in [0.2, 0.25) is 0 Å². The number of hydrogen-bond acceptors (Lipinski definition) is 4. The van der Waals surface area contributed by atoms with Crippen molar-refractivity contribution in [3.05, 3.63) is 17.7 Å². The summed E-state index contributed by atoms with van der Waals surface area (Å²) < 4.78 is 34.3. The lowest BCUT2D eigenvalue weighted by Crippen LogP contribution is -2.14. The molecule has 17 heavy (non-hydrogen) atoms. The number of nitrogens with two attached hydrogens (primary N) is 1. The highest BCUT2D eigenvalue weighted by Gasteiger charge is 2.18. The van der Waals surface area contributed by atoms with Crippen LogP contribution in [-0.4, -0.2) is 25.8 Å². The molecule has 3 N–H and O–H groups in total. The smallest absolute Gasteiger partial charge is 0.240 e. The van der Waals surface area contributed by atoms with Crippen LogP contribution in [-0.2, 0) is 0 Å². The van der Waals surface area contributed by atoms with Gasteiger partial charge in [0.25, 0.3) is 0 Å². The van der Waals surface area contributed by atoms with E-state index in [-0.39, 0.29) is 17.2 Å². The van der Waals surface area contributed by atoms with Crippen molar-refractivity contribution in [2.75, 3.05) is 14.2 Å². The van der Waals surface area contributed by atoms with Crippen LogP contribution >= 0.6 is 0 Å². The standard InChI is InChI=1S/C11H15F2NO3/c1-16-8-3-6(7(14)5-10(12)13)4-9(17-2)11(8)15/h3-4,7,10,15H,5,14H2,1-2H3/t7-/m1/s1. The van der Waals surface area contributed by atoms with Crippen molar-refractivity contribution in [1.29, 1.82) is 0 Å². The molecule has 4 nitrogen and oxygen atoms in total. The van der Waals surface area contributed by atoms with Crippen LogP contribution in [0.4, 0.5) is 8.78 Å². The van der Waals surface area contributed by atoms with Gasteiger partial charge in [-0.2, -0.15) is 0 Å². The van der Waals surface area contributed by atoms with Gasteiger partial charge in [0.1, 0.15) is 0 Å². The number of rotatable bonds is 5. The molecule has 0 spiro atoms. The van der Waals surface area contributed by atoms with E-state index in [1.807, 2.05) is 0 Å². The number of benzene rings is 1. The first-order chi connectivity index (χ1) is 7.99. The minimum atomic E-state index is -2.49. The van der Waals surface area contributed by atoms with E-state index in [1.165, 1.54) is 26.4 Å². The molecule has 0 fully saturated rings. The molecular formula is C11H15F2NO3. The second-order valence-electron chi connectivity index (χ2n) is 3.51. The Morgan fingerprint density at radius 3 is 2.06 bits per heavy atom. The molecule has 0 saturated heterocycles. The number of halogens is 2. The van der Waals surface area contributed by atoms with Crippen molar-refractivity contribution in [2.24, 2.45) is 5.73 Å². The van der Waals surface area contributed by atoms with Gasteiger partial charge in [-0.3, -0.25) is 0 Å². The number of methoxy groups -OCH3 is 2. The van der Waals surface area contributed by atoms with Gasteiger partial charge < -0.3 is 20.3 Å². The molecule has 0 radical (unpaired) electrons. The van der Waals surface area contributed by atoms with Crippen molar-refractivity contribution in [3.63, 3.8) is 0 Å². The van der Waals surface area contributed by atoms with Gasteiger partial charge >= 0.3 is 0 Å². The predicted octanol–water partition coefficient (Wildman–Crippen LogP) is 2.06. The Bertz CT molecular complexity index is 360. The van der Waals surface area contributed by atoms with Crippen LogP contribution in [0.1, 0.15) is 18.0 Å². The molecule has 0 amide bonds. The molecule has 0 saturated carbocycles. The summed E-state index contributed by atoms with van der Waals surface area (Å²) in [6.07, 6.45) is -2.95. The molecule has 1 aromatic carbocycles. The Kier molecular flexibility index (Phi) is 4.51. The number of alkyl halides is 2. The SMILES string of the molecule is COc1cc([C@H](N)CC(F)F)cc(OC)c1O. The van der Waals surface area contributed by atoms with Gasteiger partial charge in [0.05, 0.1) is 14.2 Å². The molecule has 0 bridgehead atoms. The monoisotopic (exact) mass is 247 g/mol. The molecule has 6 heteroatoms. The van der Waals surface area contributed by atoms with E-state index >= 15 is 0 Å². The second-order valence-corrected chi connectivity index (χ2v) is 3.51. The lowest BCUT2D eigenvalue weighted by Gasteiger charge is -2.15. The van der Waals surface area contributed by atoms with Crippen molar-refractivity contribution in [3.8, 4) is 17.2 Å². The van der Waals surface area contributed by atoms with Crippen LogP contribution < -0.4 is 15.2 Å². The van der Waals surface area contributed by atoms with Crippen molar-refractivity contribution in [2.45, 2.75) is 18.9 Å². The minimum Gasteiger partial charge on any atom is -0.502 e. The molecule has 0 unspecified atom stereocenters. The third-order valence-corrected chi connectivity index (χ3v) is 2.36. The summed E-state index contributed by atoms with van der Waals surface area (Å²) in [5.41, 5.74) is 6.05. The second kappa shape index (κ2) is 5.67. The third kappa shape index (κ3) is 3.20. The molecule has 0 aliphatic carbocycles. The van der Waals surface area contributed by atoms with E-state index in [0.29, 0.717) is 5.56 Å². The molecule has 1 rings (SSSR count). The van der Waals surface area contributed by atoms with Crippen LogP contribution in [0.15, 0.2) is 12.1 Å². The first kappa shape index (κ1) is 13.5. The molecule has 0 aromatic heterocycles. The summed E-state index contributed by atoms with van der Waals surface area (Å²) in [5, 5.41) is 9.64. The van der Waals surface area contributed by atoms with Crippen molar-refractivity contribution in [1.82, 2.24) is 0 Å². The van der Waals surface area contributed by atoms with Gasteiger partial charge in [-0.1, -0.05) is 0 Å². The molecule has 0 aliphatic rings. The average molecular weight is 247 g/mol. The number of hydrogen-bond donors (Lipinski definition) is 2. The molecule has 1 atom stereocenters. The highest BCUT2D eigenvalue weighted by atomic mass is 19.3. The van der Waals surface area contributed by atoms with Crippen LogP contribution in [0.5, 0.6) is 17.2 Å². The van der Waals surface area contributed by atoms with Crippen LogP contribution in [0, 0.1) is 0 Å². The van der Waals surface area contributed by atoms with E-state index in [4.69, 9.17) is 15.2 Å². The normalized spacial score (nSPS) is 12.6. The Balaban J connectivity index is 3.08. The lowest BCUT2D eigenvalue weighted by molar-refractivity contribution is 0.128. The fourth-order valence-corrected chi connectivity index (χ4v) is 1.46. The quantitative estimate of drug-likeness (QED) is 0.836. The fraction of sp³-hybridized carbons (Fsp3) is 0.455. The van der Waals surface area contributed by atoms with Gasteiger partial charge in [-0.05, 0) is 17.7 Å². The van der Waals surface area contributed by atoms with Crippen molar-refractivity contribution >= 4 is 0 Å². The first-order valence-corrected chi connectivity index (χ1v) is 4.98. The maximum Gasteiger partial charge on any atom is 0.240 e. The van der Waals surface area contributed by atoms with E-state index in [0.717, 1.165) is 0 Å². The van der Waals surface area contributed by atoms with Crippen LogP contribution in [0.3, 0.4) is 0 Å². The van der Waals surface area contributed by atoms with E-state index in [9.17, 15) is 13.9 Å². The molecule has 0 heterocycles. The summed E-state index contributed by atoms with van der Waals surface area (Å²) in [5.74, 6) is 0.108. The van der Waals surface area contributed by atoms with Gasteiger partial charge in [-0.25, -0.2) is 8.78 Å². The summed E-state index contributed by atoms with van der Waals surface area (Å²) in [6.45, 7) is 0. The number of phenolic OH excluding ortho intramolecular Hbond substituents is 1. The molecule has 0 aliphatic heterocycles. The maximum absolute atomic E-state index is 12.2. The predicted molar refractivity (Wildman–Crippen MR) is 58.8 cm³/mol. The Morgan fingerprint density at radius 1 is 1.24 bits per heavy atom. The zero-order valence-corrected chi connectivity index (χ0v) is 9.61. The molecule has 1 aromatic rings. The maximum atomic E-state index is 12.2. The first-order valence-electron chi connectivity index (χ1n) is 4.98. The third-order valence-electron chi connectivity index (χ3n) is 2.36. The fourth-order valence-electron chi connectivity index (χ4n) is 1.46. The van der Waals surface area contributed by atoms with Crippen molar-refractivity contribution < 1.29 is 23.4 Å². The Labute approximate surface area is 97.9 Å². The van der Waals surface area contributed by atoms with Gasteiger partial charge in [0, 0.05) is 12.5 Å². The van der Waals surface area contributed by atoms with Gasteiger partial charge in [0.15, 0.2) is 11.5 Å². The summed E-state index contributed by atoms with van der Waals surface area (Å²) >= 11 is 0. The summed E-state index contributed by atoms with van der Waals surface area (Å²) in [6, 6.07) is 2.01. The Morgan fingerprint density at radius 2 is 1.71 bits per heavy atom. The average Bonchev–Trinajstić information content (AvgIpc) is 2.28. The van der Waals surface area contributed by atoms with Gasteiger partial charge in [0.2, 0.25) is 12.2 Å². The largest absolute Gasteiger partial charge is 0.502 e. The van der Waals surface area contributed by atoms with Crippen LogP contribution in [0.25, 0.3) is 0 Å². The van der Waals surface area contributed by atoms with E-state index in [2.05, 4.69) is 0 Å². The lowest BCUT2D eigenvalue weighted by atomic mass is 10.0. The number of ether oxygens (including phenoxy) is 2. The number of phenols is 1. The topological polar surface area (TPSA) is 64.7 Å². The number of aromatic hydroxyl groups is 1. The van der Waals surface area contributed by atoms with E-state index < -0.39 is 18.9 Å². The molecule has 96 valence electrons. The highest BCUT2D eigenvalue weighted by molar-refractivity contribution is 5.53. The van der Waals surface area contributed by atoms with E-state index in [1.54, 1.807) is 0 Å². The summed E-state index contributed by atoms with van der Waals surface area (Å²) in [4.78, 5) is 0. The zero-order valence-electron chi connectivity index (χ0n) is 9.61. The zero-order chi connectivity index (χ0) is 13.0. The minimum absolute atomic E-state index is 0.143. The highest BCUT2D eigenvalue weighted by Crippen LogP contribution is 2.39. The summed E-state index contributed by atoms with van der Waals surface area (Å²) in [7, 11) is 2.72. The molecular weight excluding hydrogens is 232 g/mol. The van der Waals surface area contributed by atoms with Gasteiger partial charge in [-0.15, -0.1) is 0 Å². The Hall–Kier alpha value is -1.56.